The summed E-state index contributed by atoms with van der Waals surface area (Å²) in [5, 5.41) is 6.28. The molecular formula is C21H27ClN2O2. The van der Waals surface area contributed by atoms with Crippen LogP contribution in [0.1, 0.15) is 55.8 Å². The molecule has 140 valence electrons. The van der Waals surface area contributed by atoms with Crippen LogP contribution in [0.3, 0.4) is 0 Å². The highest BCUT2D eigenvalue weighted by molar-refractivity contribution is 6.33. The van der Waals surface area contributed by atoms with E-state index < -0.39 is 6.04 Å². The van der Waals surface area contributed by atoms with Crippen molar-refractivity contribution in [2.24, 2.45) is 23.2 Å². The van der Waals surface area contributed by atoms with Gasteiger partial charge in [-0.05, 0) is 80.8 Å². The first-order chi connectivity index (χ1) is 12.4. The van der Waals surface area contributed by atoms with Crippen molar-refractivity contribution in [3.8, 4) is 0 Å². The van der Waals surface area contributed by atoms with Gasteiger partial charge >= 0.3 is 0 Å². The van der Waals surface area contributed by atoms with Crippen molar-refractivity contribution in [1.29, 1.82) is 0 Å². The standard InChI is InChI=1S/C21H27ClN2O2/c1-13(24-20(26)17-4-2-3-5-18(17)22)19(25)23-12-21-9-14-6-15(10-21)8-16(7-14)11-21/h2-5,13-16H,6-12H2,1H3,(H,23,25)(H,24,26). The molecule has 4 fully saturated rings. The van der Waals surface area contributed by atoms with Gasteiger partial charge in [0, 0.05) is 6.54 Å². The maximum atomic E-state index is 12.5. The summed E-state index contributed by atoms with van der Waals surface area (Å²) < 4.78 is 0. The molecule has 0 aromatic heterocycles. The predicted octanol–water partition coefficient (Wildman–Crippen LogP) is 3.79. The normalized spacial score (nSPS) is 32.9. The number of halogens is 1. The van der Waals surface area contributed by atoms with Gasteiger partial charge in [-0.2, -0.15) is 0 Å². The second-order valence-corrected chi connectivity index (χ2v) is 9.22. The summed E-state index contributed by atoms with van der Waals surface area (Å²) in [6, 6.07) is 6.30. The van der Waals surface area contributed by atoms with E-state index in [4.69, 9.17) is 11.6 Å². The summed E-state index contributed by atoms with van der Waals surface area (Å²) in [7, 11) is 0. The van der Waals surface area contributed by atoms with Gasteiger partial charge in [-0.3, -0.25) is 9.59 Å². The molecular weight excluding hydrogens is 348 g/mol. The highest BCUT2D eigenvalue weighted by Crippen LogP contribution is 2.59. The van der Waals surface area contributed by atoms with Gasteiger partial charge in [-0.1, -0.05) is 23.7 Å². The molecule has 4 nitrogen and oxygen atoms in total. The van der Waals surface area contributed by atoms with E-state index in [2.05, 4.69) is 10.6 Å². The number of nitrogens with one attached hydrogen (secondary N) is 2. The average Bonchev–Trinajstić information content (AvgIpc) is 2.58. The molecule has 0 radical (unpaired) electrons. The molecule has 26 heavy (non-hydrogen) atoms. The highest BCUT2D eigenvalue weighted by Gasteiger charge is 2.50. The minimum Gasteiger partial charge on any atom is -0.354 e. The lowest BCUT2D eigenvalue weighted by molar-refractivity contribution is -0.124. The van der Waals surface area contributed by atoms with Gasteiger partial charge in [0.25, 0.3) is 5.91 Å². The second-order valence-electron chi connectivity index (χ2n) is 8.81. The lowest BCUT2D eigenvalue weighted by Gasteiger charge is -2.57. The van der Waals surface area contributed by atoms with Crippen LogP contribution in [0, 0.1) is 23.2 Å². The number of rotatable bonds is 5. The van der Waals surface area contributed by atoms with Crippen LogP contribution in [0.15, 0.2) is 24.3 Å². The first kappa shape index (κ1) is 17.8. The third-order valence-electron chi connectivity index (χ3n) is 6.66. The summed E-state index contributed by atoms with van der Waals surface area (Å²) in [4.78, 5) is 24.9. The molecule has 4 saturated carbocycles. The van der Waals surface area contributed by atoms with Crippen molar-refractivity contribution in [1.82, 2.24) is 10.6 Å². The highest BCUT2D eigenvalue weighted by atomic mass is 35.5. The molecule has 0 saturated heterocycles. The van der Waals surface area contributed by atoms with E-state index in [1.807, 2.05) is 0 Å². The van der Waals surface area contributed by atoms with Crippen LogP contribution < -0.4 is 10.6 Å². The van der Waals surface area contributed by atoms with E-state index >= 15 is 0 Å². The molecule has 0 spiro atoms. The summed E-state index contributed by atoms with van der Waals surface area (Å²) in [5.41, 5.74) is 0.701. The van der Waals surface area contributed by atoms with Crippen LogP contribution in [-0.2, 0) is 4.79 Å². The van der Waals surface area contributed by atoms with E-state index in [1.54, 1.807) is 31.2 Å². The Morgan fingerprint density at radius 2 is 1.69 bits per heavy atom. The van der Waals surface area contributed by atoms with E-state index in [-0.39, 0.29) is 11.8 Å². The Morgan fingerprint density at radius 1 is 1.12 bits per heavy atom. The van der Waals surface area contributed by atoms with Crippen molar-refractivity contribution < 1.29 is 9.59 Å². The molecule has 1 unspecified atom stereocenters. The molecule has 0 aliphatic heterocycles. The number of benzene rings is 1. The lowest BCUT2D eigenvalue weighted by Crippen LogP contribution is -2.53. The Labute approximate surface area is 160 Å². The van der Waals surface area contributed by atoms with Crippen LogP contribution in [-0.4, -0.2) is 24.4 Å². The Hall–Kier alpha value is -1.55. The minimum atomic E-state index is -0.576. The monoisotopic (exact) mass is 374 g/mol. The van der Waals surface area contributed by atoms with Crippen molar-refractivity contribution in [2.45, 2.75) is 51.5 Å². The molecule has 5 rings (SSSR count). The molecule has 4 aliphatic carbocycles. The van der Waals surface area contributed by atoms with Crippen LogP contribution in [0.4, 0.5) is 0 Å². The first-order valence-corrected chi connectivity index (χ1v) is 10.1. The molecule has 1 aromatic carbocycles. The van der Waals surface area contributed by atoms with E-state index in [1.165, 1.54) is 38.5 Å². The van der Waals surface area contributed by atoms with Gasteiger partial charge < -0.3 is 10.6 Å². The van der Waals surface area contributed by atoms with Crippen LogP contribution in [0.2, 0.25) is 5.02 Å². The van der Waals surface area contributed by atoms with Crippen LogP contribution >= 0.6 is 11.6 Å². The van der Waals surface area contributed by atoms with Crippen LogP contribution in [0.5, 0.6) is 0 Å². The zero-order valence-electron chi connectivity index (χ0n) is 15.3. The fourth-order valence-electron chi connectivity index (χ4n) is 5.92. The number of carbonyl (C=O) groups excluding carboxylic acids is 2. The molecule has 2 amide bonds. The summed E-state index contributed by atoms with van der Waals surface area (Å²) >= 11 is 6.06. The summed E-state index contributed by atoms with van der Waals surface area (Å²) in [6.07, 6.45) is 7.99. The molecule has 1 atom stereocenters. The van der Waals surface area contributed by atoms with Gasteiger partial charge in [0.2, 0.25) is 5.91 Å². The molecule has 4 aliphatic rings. The van der Waals surface area contributed by atoms with E-state index in [9.17, 15) is 9.59 Å². The van der Waals surface area contributed by atoms with Crippen molar-refractivity contribution in [3.05, 3.63) is 34.9 Å². The Morgan fingerprint density at radius 3 is 2.27 bits per heavy atom. The molecule has 4 bridgehead atoms. The van der Waals surface area contributed by atoms with E-state index in [0.29, 0.717) is 16.0 Å². The number of hydrogen-bond acceptors (Lipinski definition) is 2. The fraction of sp³-hybridized carbons (Fsp3) is 0.619. The van der Waals surface area contributed by atoms with Gasteiger partial charge in [-0.25, -0.2) is 0 Å². The zero-order valence-corrected chi connectivity index (χ0v) is 16.0. The number of hydrogen-bond donors (Lipinski definition) is 2. The second kappa shape index (κ2) is 6.88. The van der Waals surface area contributed by atoms with E-state index in [0.717, 1.165) is 24.3 Å². The van der Waals surface area contributed by atoms with Crippen molar-refractivity contribution in [2.75, 3.05) is 6.54 Å². The minimum absolute atomic E-state index is 0.110. The van der Waals surface area contributed by atoms with Crippen molar-refractivity contribution in [3.63, 3.8) is 0 Å². The maximum Gasteiger partial charge on any atom is 0.253 e. The van der Waals surface area contributed by atoms with Crippen LogP contribution in [0.25, 0.3) is 0 Å². The molecule has 2 N–H and O–H groups in total. The Balaban J connectivity index is 1.32. The Kier molecular flexibility index (Phi) is 4.72. The first-order valence-electron chi connectivity index (χ1n) is 9.77. The lowest BCUT2D eigenvalue weighted by atomic mass is 9.49. The smallest absolute Gasteiger partial charge is 0.253 e. The SMILES string of the molecule is CC(NC(=O)c1ccccc1Cl)C(=O)NCC12CC3CC(CC(C3)C1)C2. The number of amides is 2. The summed E-state index contributed by atoms with van der Waals surface area (Å²) in [5.74, 6) is 2.19. The van der Waals surface area contributed by atoms with Gasteiger partial charge in [0.15, 0.2) is 0 Å². The Bertz CT molecular complexity index is 682. The zero-order chi connectivity index (χ0) is 18.3. The summed E-state index contributed by atoms with van der Waals surface area (Å²) in [6.45, 7) is 2.48. The molecule has 5 heteroatoms. The fourth-order valence-corrected chi connectivity index (χ4v) is 6.14. The molecule has 0 heterocycles. The maximum absolute atomic E-state index is 12.5. The third kappa shape index (κ3) is 3.48. The van der Waals surface area contributed by atoms with Gasteiger partial charge in [0.1, 0.15) is 6.04 Å². The third-order valence-corrected chi connectivity index (χ3v) is 6.99. The topological polar surface area (TPSA) is 58.2 Å². The largest absolute Gasteiger partial charge is 0.354 e. The quantitative estimate of drug-likeness (QED) is 0.823. The predicted molar refractivity (Wildman–Crippen MR) is 102 cm³/mol. The van der Waals surface area contributed by atoms with Crippen molar-refractivity contribution >= 4 is 23.4 Å². The average molecular weight is 375 g/mol. The molecule has 1 aromatic rings. The van der Waals surface area contributed by atoms with Gasteiger partial charge in [-0.15, -0.1) is 0 Å². The number of carbonyl (C=O) groups is 2. The van der Waals surface area contributed by atoms with Gasteiger partial charge in [0.05, 0.1) is 10.6 Å².